The van der Waals surface area contributed by atoms with Crippen molar-refractivity contribution >= 4 is 22.9 Å². The molecule has 3 rings (SSSR count). The number of carbonyl (C=O) groups excluding carboxylic acids is 2. The lowest BCUT2D eigenvalue weighted by Crippen LogP contribution is -2.26. The maximum absolute atomic E-state index is 13.6. The van der Waals surface area contributed by atoms with Crippen LogP contribution in [0.25, 0.3) is 11.1 Å². The molecule has 0 saturated heterocycles. The van der Waals surface area contributed by atoms with Gasteiger partial charge in [0.15, 0.2) is 0 Å². The van der Waals surface area contributed by atoms with E-state index in [2.05, 4.69) is 4.98 Å². The first-order valence-electron chi connectivity index (χ1n) is 10.1. The molecule has 168 valence electrons. The van der Waals surface area contributed by atoms with Gasteiger partial charge in [0, 0.05) is 36.8 Å². The molecule has 0 aliphatic rings. The first kappa shape index (κ1) is 23.7. The fraction of sp³-hybridized carbons (Fsp3) is 0.115. The summed E-state index contributed by atoms with van der Waals surface area (Å²) in [5.74, 6) is -3.02. The van der Waals surface area contributed by atoms with E-state index in [1.807, 2.05) is 0 Å². The van der Waals surface area contributed by atoms with Gasteiger partial charge in [-0.2, -0.15) is 0 Å². The molecule has 1 unspecified atom stereocenters. The Balaban J connectivity index is 2.13. The summed E-state index contributed by atoms with van der Waals surface area (Å²) >= 11 is 0. The van der Waals surface area contributed by atoms with Gasteiger partial charge in [0.1, 0.15) is 17.4 Å². The number of allylic oxidation sites excluding steroid dienone is 2. The molecule has 7 heteroatoms. The highest BCUT2D eigenvalue weighted by molar-refractivity contribution is 6.02. The topological polar surface area (TPSA) is 90.3 Å². The summed E-state index contributed by atoms with van der Waals surface area (Å²) < 4.78 is 27.2. The van der Waals surface area contributed by atoms with Crippen LogP contribution >= 0.6 is 0 Å². The number of Topliss-reactive ketones (excluding diaryl/α,β-unsaturated/α-hetero) is 1. The number of aromatic nitrogens is 1. The Kier molecular flexibility index (Phi) is 7.94. The molecule has 0 amide bonds. The van der Waals surface area contributed by atoms with Crippen molar-refractivity contribution in [3.8, 4) is 0 Å². The minimum atomic E-state index is -1.51. The Hall–Kier alpha value is -3.97. The summed E-state index contributed by atoms with van der Waals surface area (Å²) in [5.41, 5.74) is 3.12. The molecule has 3 aromatic rings. The number of aliphatic hydroxyl groups excluding tert-OH is 1. The number of aliphatic hydroxyl groups is 1. The second-order valence-corrected chi connectivity index (χ2v) is 7.26. The van der Waals surface area contributed by atoms with Crippen LogP contribution in [0.2, 0.25) is 0 Å². The van der Waals surface area contributed by atoms with Gasteiger partial charge in [-0.05, 0) is 52.6 Å². The molecule has 0 aliphatic heterocycles. The highest BCUT2D eigenvalue weighted by Crippen LogP contribution is 2.33. The largest absolute Gasteiger partial charge is 0.550 e. The van der Waals surface area contributed by atoms with E-state index in [-0.39, 0.29) is 0 Å². The number of hydrogen-bond acceptors (Lipinski definition) is 5. The number of carboxylic acid groups (broad SMARTS) is 1. The minimum Gasteiger partial charge on any atom is -0.550 e. The molecule has 1 aromatic heterocycles. The van der Waals surface area contributed by atoms with Crippen LogP contribution in [0.5, 0.6) is 0 Å². The fourth-order valence-electron chi connectivity index (χ4n) is 3.30. The van der Waals surface area contributed by atoms with E-state index >= 15 is 0 Å². The van der Waals surface area contributed by atoms with Crippen molar-refractivity contribution in [3.63, 3.8) is 0 Å². The van der Waals surface area contributed by atoms with Gasteiger partial charge < -0.3 is 15.0 Å². The van der Waals surface area contributed by atoms with E-state index in [1.54, 1.807) is 54.9 Å². The van der Waals surface area contributed by atoms with Gasteiger partial charge in [-0.3, -0.25) is 9.78 Å². The molecule has 0 bridgehead atoms. The summed E-state index contributed by atoms with van der Waals surface area (Å²) in [7, 11) is 0. The molecule has 0 radical (unpaired) electrons. The van der Waals surface area contributed by atoms with Crippen molar-refractivity contribution in [2.24, 2.45) is 0 Å². The van der Waals surface area contributed by atoms with E-state index in [0.29, 0.717) is 27.8 Å². The third-order valence-electron chi connectivity index (χ3n) is 4.77. The van der Waals surface area contributed by atoms with Gasteiger partial charge in [-0.15, -0.1) is 0 Å². The van der Waals surface area contributed by atoms with E-state index in [9.17, 15) is 28.6 Å². The van der Waals surface area contributed by atoms with E-state index < -0.39 is 42.3 Å². The number of carboxylic acids is 1. The van der Waals surface area contributed by atoms with Crippen LogP contribution in [0.4, 0.5) is 8.78 Å². The second kappa shape index (κ2) is 11.1. The van der Waals surface area contributed by atoms with E-state index in [1.165, 1.54) is 30.3 Å². The summed E-state index contributed by atoms with van der Waals surface area (Å²) in [5, 5.41) is 20.9. The molecule has 1 heterocycles. The molecule has 2 aromatic carbocycles. The molecule has 1 N–H and O–H groups in total. The lowest BCUT2D eigenvalue weighted by Gasteiger charge is -2.15. The Morgan fingerprint density at radius 2 is 1.52 bits per heavy atom. The zero-order valence-electron chi connectivity index (χ0n) is 17.4. The van der Waals surface area contributed by atoms with Gasteiger partial charge in [-0.1, -0.05) is 42.5 Å². The highest BCUT2D eigenvalue weighted by atomic mass is 19.1. The van der Waals surface area contributed by atoms with Crippen LogP contribution in [0, 0.1) is 11.6 Å². The number of pyridine rings is 1. The first-order chi connectivity index (χ1) is 15.8. The van der Waals surface area contributed by atoms with Crippen molar-refractivity contribution in [1.29, 1.82) is 0 Å². The summed E-state index contributed by atoms with van der Waals surface area (Å²) in [6.07, 6.45) is 3.71. The van der Waals surface area contributed by atoms with Gasteiger partial charge >= 0.3 is 0 Å². The lowest BCUT2D eigenvalue weighted by molar-refractivity contribution is -0.304. The number of benzene rings is 2. The first-order valence-corrected chi connectivity index (χ1v) is 10.1. The Morgan fingerprint density at radius 1 is 0.939 bits per heavy atom. The average Bonchev–Trinajstić information content (AvgIpc) is 2.78. The zero-order chi connectivity index (χ0) is 23.8. The van der Waals surface area contributed by atoms with Gasteiger partial charge in [0.2, 0.25) is 0 Å². The molecule has 0 saturated carbocycles. The maximum atomic E-state index is 13.6. The normalized spacial score (nSPS) is 11.8. The van der Waals surface area contributed by atoms with Crippen LogP contribution < -0.4 is 5.11 Å². The summed E-state index contributed by atoms with van der Waals surface area (Å²) in [4.78, 5) is 26.4. The highest BCUT2D eigenvalue weighted by Gasteiger charge is 2.15. The zero-order valence-corrected chi connectivity index (χ0v) is 17.4. The van der Waals surface area contributed by atoms with Crippen LogP contribution in [-0.2, 0) is 9.59 Å². The van der Waals surface area contributed by atoms with Crippen LogP contribution in [0.3, 0.4) is 0 Å². The molecular weight excluding hydrogens is 428 g/mol. The molecule has 0 spiro atoms. The van der Waals surface area contributed by atoms with Gasteiger partial charge in [-0.25, -0.2) is 8.78 Å². The number of halogens is 2. The summed E-state index contributed by atoms with van der Waals surface area (Å²) in [6.45, 7) is 0. The van der Waals surface area contributed by atoms with E-state index in [0.717, 1.165) is 0 Å². The van der Waals surface area contributed by atoms with Crippen molar-refractivity contribution < 1.29 is 28.6 Å². The van der Waals surface area contributed by atoms with E-state index in [4.69, 9.17) is 0 Å². The predicted octanol–water partition coefficient (Wildman–Crippen LogP) is 3.34. The SMILES string of the molecule is O=C([O-])CC(=O)CC(O)/C=C/C(=C(c1ccc(F)cc1)c1ccc(F)cc1)c1cccnc1. The van der Waals surface area contributed by atoms with Crippen molar-refractivity contribution in [1.82, 2.24) is 4.98 Å². The van der Waals surface area contributed by atoms with Gasteiger partial charge in [0.25, 0.3) is 0 Å². The number of ketones is 1. The van der Waals surface area contributed by atoms with Gasteiger partial charge in [0.05, 0.1) is 6.10 Å². The third-order valence-corrected chi connectivity index (χ3v) is 4.77. The van der Waals surface area contributed by atoms with Crippen LogP contribution in [0.15, 0.2) is 85.2 Å². The van der Waals surface area contributed by atoms with Crippen LogP contribution in [-0.4, -0.2) is 27.9 Å². The monoisotopic (exact) mass is 448 g/mol. The van der Waals surface area contributed by atoms with Crippen molar-refractivity contribution in [2.45, 2.75) is 18.9 Å². The number of aliphatic carboxylic acids is 1. The maximum Gasteiger partial charge on any atom is 0.141 e. The van der Waals surface area contributed by atoms with Crippen molar-refractivity contribution in [2.75, 3.05) is 0 Å². The second-order valence-electron chi connectivity index (χ2n) is 7.26. The minimum absolute atomic E-state index is 0.396. The molecule has 1 atom stereocenters. The molecule has 0 fully saturated rings. The smallest absolute Gasteiger partial charge is 0.141 e. The average molecular weight is 448 g/mol. The summed E-state index contributed by atoms with van der Waals surface area (Å²) in [6, 6.07) is 15.0. The Bertz CT molecular complexity index is 1120. The predicted molar refractivity (Wildman–Crippen MR) is 117 cm³/mol. The molecular formula is C26H20F2NO4-. The molecule has 5 nitrogen and oxygen atoms in total. The Labute approximate surface area is 189 Å². The molecule has 33 heavy (non-hydrogen) atoms. The number of hydrogen-bond donors (Lipinski definition) is 1. The lowest BCUT2D eigenvalue weighted by atomic mass is 9.89. The standard InChI is InChI=1S/C26H21F2NO4/c27-20-7-3-17(4-8-20)26(18-5-9-21(28)10-6-18)24(19-2-1-13-29-16-19)12-11-22(30)14-23(31)15-25(32)33/h1-13,16,22,30H,14-15H2,(H,32,33)/p-1/b12-11+. The van der Waals surface area contributed by atoms with Crippen molar-refractivity contribution in [3.05, 3.63) is 114 Å². The number of rotatable bonds is 9. The quantitative estimate of drug-likeness (QED) is 0.401. The molecule has 0 aliphatic carbocycles. The number of carbonyl (C=O) groups is 2. The number of nitrogens with zero attached hydrogens (tertiary/aromatic N) is 1. The Morgan fingerprint density at radius 3 is 2.00 bits per heavy atom. The van der Waals surface area contributed by atoms with Crippen LogP contribution in [0.1, 0.15) is 29.5 Å². The third kappa shape index (κ3) is 6.75. The fourth-order valence-corrected chi connectivity index (χ4v) is 3.30.